The van der Waals surface area contributed by atoms with Crippen LogP contribution in [0.25, 0.3) is 0 Å². The summed E-state index contributed by atoms with van der Waals surface area (Å²) in [5.74, 6) is -1.08. The maximum Gasteiger partial charge on any atom is 0.304 e. The molecule has 1 heterocycles. The number of hydrogen-bond acceptors (Lipinski definition) is 3. The molecule has 78 valence electrons. The van der Waals surface area contributed by atoms with E-state index in [9.17, 15) is 4.79 Å². The summed E-state index contributed by atoms with van der Waals surface area (Å²) in [6, 6.07) is 1.75. The zero-order chi connectivity index (χ0) is 10.8. The quantitative estimate of drug-likeness (QED) is 0.768. The summed E-state index contributed by atoms with van der Waals surface area (Å²) in [7, 11) is 0. The summed E-state index contributed by atoms with van der Waals surface area (Å²) in [5.41, 5.74) is 6.18. The van der Waals surface area contributed by atoms with Gasteiger partial charge in [-0.1, -0.05) is 0 Å². The van der Waals surface area contributed by atoms with Gasteiger partial charge >= 0.3 is 5.97 Å². The molecule has 4 nitrogen and oxygen atoms in total. The Balaban J connectivity index is 2.89. The number of aliphatic carboxylic acids is 1. The molecular formula is C10H15NO3. The van der Waals surface area contributed by atoms with E-state index in [1.54, 1.807) is 12.3 Å². The molecule has 0 aliphatic carbocycles. The number of nitrogens with two attached hydrogens (primary N) is 1. The average molecular weight is 197 g/mol. The van der Waals surface area contributed by atoms with E-state index in [0.717, 1.165) is 5.56 Å². The highest BCUT2D eigenvalue weighted by Crippen LogP contribution is 2.29. The highest BCUT2D eigenvalue weighted by Gasteiger charge is 2.29. The third-order valence-corrected chi connectivity index (χ3v) is 2.22. The first-order valence-corrected chi connectivity index (χ1v) is 4.44. The van der Waals surface area contributed by atoms with E-state index >= 15 is 0 Å². The smallest absolute Gasteiger partial charge is 0.304 e. The predicted octanol–water partition coefficient (Wildman–Crippen LogP) is 1.58. The van der Waals surface area contributed by atoms with E-state index in [1.165, 1.54) is 6.26 Å². The number of carbonyl (C=O) groups is 1. The maximum atomic E-state index is 10.7. The van der Waals surface area contributed by atoms with Crippen molar-refractivity contribution in [3.8, 4) is 0 Å². The Kier molecular flexibility index (Phi) is 2.96. The molecule has 14 heavy (non-hydrogen) atoms. The van der Waals surface area contributed by atoms with Crippen molar-refractivity contribution in [2.24, 2.45) is 5.73 Å². The van der Waals surface area contributed by atoms with Crippen LogP contribution in [0.2, 0.25) is 0 Å². The number of furan rings is 1. The molecule has 0 radical (unpaired) electrons. The van der Waals surface area contributed by atoms with Gasteiger partial charge in [-0.3, -0.25) is 4.79 Å². The van der Waals surface area contributed by atoms with Crippen LogP contribution in [0.15, 0.2) is 23.0 Å². The molecule has 0 fully saturated rings. The molecule has 1 aromatic rings. The minimum atomic E-state index is -0.852. The van der Waals surface area contributed by atoms with Crippen molar-refractivity contribution in [3.63, 3.8) is 0 Å². The standard InChI is InChI=1S/C10H15NO3/c1-10(2,11)8(5-9(12)13)7-3-4-14-6-7/h3-4,6,8H,5,11H2,1-2H3,(H,12,13). The summed E-state index contributed by atoms with van der Waals surface area (Å²) in [6.45, 7) is 3.63. The third kappa shape index (κ3) is 2.60. The molecule has 4 heteroatoms. The molecule has 1 atom stereocenters. The van der Waals surface area contributed by atoms with Crippen molar-refractivity contribution >= 4 is 5.97 Å². The Morgan fingerprint density at radius 1 is 1.71 bits per heavy atom. The van der Waals surface area contributed by atoms with E-state index in [-0.39, 0.29) is 12.3 Å². The molecule has 0 spiro atoms. The van der Waals surface area contributed by atoms with Crippen LogP contribution in [0.1, 0.15) is 31.7 Å². The highest BCUT2D eigenvalue weighted by molar-refractivity contribution is 5.68. The number of rotatable bonds is 4. The van der Waals surface area contributed by atoms with Crippen molar-refractivity contribution in [1.82, 2.24) is 0 Å². The number of hydrogen-bond donors (Lipinski definition) is 2. The second-order valence-corrected chi connectivity index (χ2v) is 4.03. The van der Waals surface area contributed by atoms with Crippen LogP contribution in [0, 0.1) is 0 Å². The lowest BCUT2D eigenvalue weighted by Crippen LogP contribution is -2.40. The van der Waals surface area contributed by atoms with E-state index in [2.05, 4.69) is 0 Å². The molecule has 1 rings (SSSR count). The topological polar surface area (TPSA) is 76.5 Å². The summed E-state index contributed by atoms with van der Waals surface area (Å²) < 4.78 is 4.92. The fourth-order valence-corrected chi connectivity index (χ4v) is 1.46. The van der Waals surface area contributed by atoms with Crippen molar-refractivity contribution in [2.75, 3.05) is 0 Å². The minimum absolute atomic E-state index is 0.0169. The van der Waals surface area contributed by atoms with E-state index < -0.39 is 11.5 Å². The SMILES string of the molecule is CC(C)(N)C(CC(=O)O)c1ccoc1. The lowest BCUT2D eigenvalue weighted by atomic mass is 9.81. The molecule has 0 aliphatic rings. The van der Waals surface area contributed by atoms with Gasteiger partial charge in [-0.25, -0.2) is 0 Å². The first kappa shape index (κ1) is 10.8. The minimum Gasteiger partial charge on any atom is -0.481 e. The molecule has 3 N–H and O–H groups in total. The van der Waals surface area contributed by atoms with E-state index in [4.69, 9.17) is 15.3 Å². The number of carboxylic acid groups (broad SMARTS) is 1. The Morgan fingerprint density at radius 2 is 2.36 bits per heavy atom. The largest absolute Gasteiger partial charge is 0.481 e. The van der Waals surface area contributed by atoms with E-state index in [1.807, 2.05) is 13.8 Å². The van der Waals surface area contributed by atoms with Crippen molar-refractivity contribution in [3.05, 3.63) is 24.2 Å². The Bertz CT molecular complexity index is 298. The van der Waals surface area contributed by atoms with Crippen LogP contribution in [0.4, 0.5) is 0 Å². The molecule has 1 unspecified atom stereocenters. The molecule has 0 saturated carbocycles. The fourth-order valence-electron chi connectivity index (χ4n) is 1.46. The fraction of sp³-hybridized carbons (Fsp3) is 0.500. The maximum absolute atomic E-state index is 10.7. The lowest BCUT2D eigenvalue weighted by molar-refractivity contribution is -0.137. The Labute approximate surface area is 82.7 Å². The van der Waals surface area contributed by atoms with Crippen molar-refractivity contribution in [1.29, 1.82) is 0 Å². The van der Waals surface area contributed by atoms with Gasteiger partial charge in [-0.05, 0) is 25.5 Å². The predicted molar refractivity (Wildman–Crippen MR) is 52.0 cm³/mol. The summed E-state index contributed by atoms with van der Waals surface area (Å²) in [5, 5.41) is 8.76. The normalized spacial score (nSPS) is 13.9. The van der Waals surface area contributed by atoms with Gasteiger partial charge in [0.25, 0.3) is 0 Å². The van der Waals surface area contributed by atoms with Gasteiger partial charge in [-0.2, -0.15) is 0 Å². The van der Waals surface area contributed by atoms with Crippen LogP contribution < -0.4 is 5.73 Å². The summed E-state index contributed by atoms with van der Waals surface area (Å²) >= 11 is 0. The second kappa shape index (κ2) is 3.84. The Hall–Kier alpha value is -1.29. The first-order valence-electron chi connectivity index (χ1n) is 4.44. The van der Waals surface area contributed by atoms with E-state index in [0.29, 0.717) is 0 Å². The number of carboxylic acids is 1. The van der Waals surface area contributed by atoms with Gasteiger partial charge in [0.1, 0.15) is 0 Å². The lowest BCUT2D eigenvalue weighted by Gasteiger charge is -2.28. The average Bonchev–Trinajstić information content (AvgIpc) is 2.49. The molecular weight excluding hydrogens is 182 g/mol. The molecule has 0 aliphatic heterocycles. The Morgan fingerprint density at radius 3 is 2.71 bits per heavy atom. The molecule has 0 saturated heterocycles. The van der Waals surface area contributed by atoms with Crippen LogP contribution in [0.3, 0.4) is 0 Å². The first-order chi connectivity index (χ1) is 6.41. The molecule has 0 bridgehead atoms. The third-order valence-electron chi connectivity index (χ3n) is 2.22. The van der Waals surface area contributed by atoms with Crippen LogP contribution in [-0.2, 0) is 4.79 Å². The van der Waals surface area contributed by atoms with Crippen molar-refractivity contribution in [2.45, 2.75) is 31.7 Å². The van der Waals surface area contributed by atoms with Crippen LogP contribution >= 0.6 is 0 Å². The van der Waals surface area contributed by atoms with Crippen molar-refractivity contribution < 1.29 is 14.3 Å². The summed E-state index contributed by atoms with van der Waals surface area (Å²) in [6.07, 6.45) is 3.08. The van der Waals surface area contributed by atoms with Gasteiger partial charge in [0, 0.05) is 11.5 Å². The molecule has 0 amide bonds. The van der Waals surface area contributed by atoms with Crippen LogP contribution in [0.5, 0.6) is 0 Å². The summed E-state index contributed by atoms with van der Waals surface area (Å²) in [4.78, 5) is 10.7. The van der Waals surface area contributed by atoms with Gasteiger partial charge in [0.15, 0.2) is 0 Å². The molecule has 0 aromatic carbocycles. The van der Waals surface area contributed by atoms with Crippen LogP contribution in [-0.4, -0.2) is 16.6 Å². The monoisotopic (exact) mass is 197 g/mol. The molecule has 1 aromatic heterocycles. The zero-order valence-electron chi connectivity index (χ0n) is 8.36. The van der Waals surface area contributed by atoms with Gasteiger partial charge in [0.05, 0.1) is 18.9 Å². The van der Waals surface area contributed by atoms with Gasteiger partial charge in [-0.15, -0.1) is 0 Å². The second-order valence-electron chi connectivity index (χ2n) is 4.03. The highest BCUT2D eigenvalue weighted by atomic mass is 16.4. The van der Waals surface area contributed by atoms with Gasteiger partial charge < -0.3 is 15.3 Å². The van der Waals surface area contributed by atoms with Gasteiger partial charge in [0.2, 0.25) is 0 Å². The zero-order valence-corrected chi connectivity index (χ0v) is 8.36.